The van der Waals surface area contributed by atoms with Gasteiger partial charge in [0.2, 0.25) is 10.0 Å². The van der Waals surface area contributed by atoms with Gasteiger partial charge in [-0.3, -0.25) is 0 Å². The molecule has 0 fully saturated rings. The number of benzene rings is 1. The zero-order chi connectivity index (χ0) is 15.6. The number of hydrogen-bond donors (Lipinski definition) is 2. The van der Waals surface area contributed by atoms with Crippen LogP contribution in [0.1, 0.15) is 16.0 Å². The lowest BCUT2D eigenvalue weighted by Crippen LogP contribution is -2.26. The summed E-state index contributed by atoms with van der Waals surface area (Å²) in [5, 5.41) is 0. The number of sulfonamides is 1. The first-order valence-electron chi connectivity index (χ1n) is 6.40. The van der Waals surface area contributed by atoms with E-state index in [9.17, 15) is 8.42 Å². The Kier molecular flexibility index (Phi) is 5.08. The van der Waals surface area contributed by atoms with Gasteiger partial charge in [-0.25, -0.2) is 13.1 Å². The van der Waals surface area contributed by atoms with Crippen LogP contribution in [-0.2, 0) is 16.4 Å². The van der Waals surface area contributed by atoms with Crippen LogP contribution in [0.4, 0.5) is 5.69 Å². The van der Waals surface area contributed by atoms with E-state index < -0.39 is 10.0 Å². The molecule has 1 heterocycles. The van der Waals surface area contributed by atoms with Gasteiger partial charge in [-0.05, 0) is 71.6 Å². The largest absolute Gasteiger partial charge is 0.398 e. The first-order chi connectivity index (χ1) is 9.79. The highest BCUT2D eigenvalue weighted by atomic mass is 79.9. The van der Waals surface area contributed by atoms with Gasteiger partial charge < -0.3 is 5.73 Å². The van der Waals surface area contributed by atoms with Crippen molar-refractivity contribution in [3.05, 3.63) is 44.1 Å². The van der Waals surface area contributed by atoms with Crippen LogP contribution in [-0.4, -0.2) is 15.0 Å². The lowest BCUT2D eigenvalue weighted by atomic mass is 10.1. The molecule has 0 atom stereocenters. The van der Waals surface area contributed by atoms with E-state index in [1.165, 1.54) is 6.07 Å². The normalized spacial score (nSPS) is 11.8. The second-order valence-corrected chi connectivity index (χ2v) is 9.12. The molecule has 0 unspecified atom stereocenters. The van der Waals surface area contributed by atoms with Crippen molar-refractivity contribution in [2.75, 3.05) is 12.3 Å². The van der Waals surface area contributed by atoms with E-state index in [1.54, 1.807) is 17.4 Å². The first-order valence-corrected chi connectivity index (χ1v) is 9.49. The number of anilines is 1. The third kappa shape index (κ3) is 4.06. The van der Waals surface area contributed by atoms with Crippen molar-refractivity contribution in [3.8, 4) is 0 Å². The summed E-state index contributed by atoms with van der Waals surface area (Å²) in [4.78, 5) is 1.35. The van der Waals surface area contributed by atoms with Crippen molar-refractivity contribution in [1.29, 1.82) is 0 Å². The number of aryl methyl sites for hydroxylation is 1. The Hall–Kier alpha value is -0.890. The molecular formula is C14H17BrN2O2S2. The van der Waals surface area contributed by atoms with Crippen LogP contribution in [0.25, 0.3) is 0 Å². The quantitative estimate of drug-likeness (QED) is 0.772. The Labute approximate surface area is 137 Å². The molecule has 0 saturated heterocycles. The zero-order valence-electron chi connectivity index (χ0n) is 11.8. The molecule has 4 nitrogen and oxygen atoms in total. The summed E-state index contributed by atoms with van der Waals surface area (Å²) in [6.07, 6.45) is 0.663. The second kappa shape index (κ2) is 6.48. The highest BCUT2D eigenvalue weighted by Gasteiger charge is 2.15. The Morgan fingerprint density at radius 1 is 1.29 bits per heavy atom. The number of hydrogen-bond acceptors (Lipinski definition) is 4. The van der Waals surface area contributed by atoms with Crippen molar-refractivity contribution in [2.24, 2.45) is 0 Å². The van der Waals surface area contributed by atoms with Gasteiger partial charge in [-0.1, -0.05) is 0 Å². The minimum absolute atomic E-state index is 0.218. The van der Waals surface area contributed by atoms with E-state index in [-0.39, 0.29) is 4.90 Å². The van der Waals surface area contributed by atoms with Crippen LogP contribution >= 0.6 is 27.3 Å². The Morgan fingerprint density at radius 3 is 2.57 bits per heavy atom. The van der Waals surface area contributed by atoms with E-state index in [0.717, 1.165) is 19.8 Å². The van der Waals surface area contributed by atoms with Crippen LogP contribution in [0.5, 0.6) is 0 Å². The fourth-order valence-corrected chi connectivity index (χ4v) is 4.52. The number of nitrogens with one attached hydrogen (secondary N) is 1. The molecule has 2 aromatic rings. The summed E-state index contributed by atoms with van der Waals surface area (Å²) >= 11 is 4.99. The second-order valence-electron chi connectivity index (χ2n) is 4.81. The number of thiophene rings is 1. The van der Waals surface area contributed by atoms with Crippen molar-refractivity contribution < 1.29 is 8.42 Å². The highest BCUT2D eigenvalue weighted by molar-refractivity contribution is 9.11. The van der Waals surface area contributed by atoms with Gasteiger partial charge in [-0.2, -0.15) is 0 Å². The first kappa shape index (κ1) is 16.5. The summed E-state index contributed by atoms with van der Waals surface area (Å²) in [6.45, 7) is 4.10. The Bertz CT molecular complexity index is 731. The molecule has 0 amide bonds. The molecule has 114 valence electrons. The van der Waals surface area contributed by atoms with Crippen molar-refractivity contribution in [1.82, 2.24) is 4.72 Å². The Morgan fingerprint density at radius 2 is 2.00 bits per heavy atom. The molecule has 0 bridgehead atoms. The van der Waals surface area contributed by atoms with E-state index in [1.807, 2.05) is 26.0 Å². The molecule has 0 aliphatic rings. The van der Waals surface area contributed by atoms with Crippen LogP contribution in [0, 0.1) is 13.8 Å². The molecule has 2 rings (SSSR count). The summed E-state index contributed by atoms with van der Waals surface area (Å²) < 4.78 is 28.2. The lowest BCUT2D eigenvalue weighted by Gasteiger charge is -2.10. The molecule has 3 N–H and O–H groups in total. The fraction of sp³-hybridized carbons (Fsp3) is 0.286. The van der Waals surface area contributed by atoms with Gasteiger partial charge in [0, 0.05) is 17.1 Å². The maximum atomic E-state index is 12.3. The average Bonchev–Trinajstić information content (AvgIpc) is 2.81. The molecular weight excluding hydrogens is 372 g/mol. The van der Waals surface area contributed by atoms with E-state index in [0.29, 0.717) is 18.7 Å². The molecule has 0 saturated carbocycles. The predicted octanol–water partition coefficient (Wildman–Crippen LogP) is 3.23. The third-order valence-electron chi connectivity index (χ3n) is 3.28. The van der Waals surface area contributed by atoms with Gasteiger partial charge in [0.1, 0.15) is 0 Å². The van der Waals surface area contributed by atoms with Gasteiger partial charge in [0.15, 0.2) is 0 Å². The maximum Gasteiger partial charge on any atom is 0.240 e. The van der Waals surface area contributed by atoms with Crippen LogP contribution < -0.4 is 10.5 Å². The van der Waals surface area contributed by atoms with E-state index in [2.05, 4.69) is 20.7 Å². The molecule has 0 aliphatic carbocycles. The minimum Gasteiger partial charge on any atom is -0.398 e. The van der Waals surface area contributed by atoms with Crippen LogP contribution in [0.15, 0.2) is 32.9 Å². The summed E-state index contributed by atoms with van der Waals surface area (Å²) in [7, 11) is -3.52. The molecule has 0 aliphatic heterocycles. The molecule has 21 heavy (non-hydrogen) atoms. The third-order valence-corrected chi connectivity index (χ3v) is 6.41. The standard InChI is InChI=1S/C14H17BrN2O2S2/c1-9-7-12(8-13(16)10(9)2)21(18,19)17-6-5-11-3-4-14(15)20-11/h3-4,7-8,17H,5-6,16H2,1-2H3. The zero-order valence-corrected chi connectivity index (χ0v) is 15.0. The van der Waals surface area contributed by atoms with Crippen LogP contribution in [0.3, 0.4) is 0 Å². The number of nitrogen functional groups attached to an aromatic ring is 1. The summed E-state index contributed by atoms with van der Waals surface area (Å²) in [5.41, 5.74) is 8.13. The average molecular weight is 389 g/mol. The van der Waals surface area contributed by atoms with Gasteiger partial charge in [-0.15, -0.1) is 11.3 Å². The topological polar surface area (TPSA) is 72.2 Å². The molecule has 7 heteroatoms. The molecule has 1 aromatic carbocycles. The minimum atomic E-state index is -3.52. The van der Waals surface area contributed by atoms with E-state index in [4.69, 9.17) is 5.73 Å². The monoisotopic (exact) mass is 388 g/mol. The summed E-state index contributed by atoms with van der Waals surface area (Å²) in [6, 6.07) is 7.09. The molecule has 1 aromatic heterocycles. The van der Waals surface area contributed by atoms with Gasteiger partial charge >= 0.3 is 0 Å². The number of rotatable bonds is 5. The predicted molar refractivity (Wildman–Crippen MR) is 91.2 cm³/mol. The Balaban J connectivity index is 2.08. The van der Waals surface area contributed by atoms with Crippen LogP contribution in [0.2, 0.25) is 0 Å². The molecule has 0 radical (unpaired) electrons. The van der Waals surface area contributed by atoms with Gasteiger partial charge in [0.25, 0.3) is 0 Å². The van der Waals surface area contributed by atoms with Crippen molar-refractivity contribution in [2.45, 2.75) is 25.2 Å². The maximum absolute atomic E-state index is 12.3. The van der Waals surface area contributed by atoms with Crippen molar-refractivity contribution >= 4 is 43.0 Å². The molecule has 0 spiro atoms. The lowest BCUT2D eigenvalue weighted by molar-refractivity contribution is 0.582. The summed E-state index contributed by atoms with van der Waals surface area (Å²) in [5.74, 6) is 0. The highest BCUT2D eigenvalue weighted by Crippen LogP contribution is 2.23. The fourth-order valence-electron chi connectivity index (χ4n) is 1.89. The van der Waals surface area contributed by atoms with E-state index >= 15 is 0 Å². The van der Waals surface area contributed by atoms with Gasteiger partial charge in [0.05, 0.1) is 8.68 Å². The number of nitrogens with two attached hydrogens (primary N) is 1. The SMILES string of the molecule is Cc1cc(S(=O)(=O)NCCc2ccc(Br)s2)cc(N)c1C. The number of halogens is 1. The van der Waals surface area contributed by atoms with Crippen molar-refractivity contribution in [3.63, 3.8) is 0 Å². The smallest absolute Gasteiger partial charge is 0.240 e.